The Hall–Kier alpha value is -2.69. The van der Waals surface area contributed by atoms with Gasteiger partial charge in [-0.15, -0.1) is 0 Å². The lowest BCUT2D eigenvalue weighted by molar-refractivity contribution is -0.124. The fourth-order valence-corrected chi connectivity index (χ4v) is 2.13. The van der Waals surface area contributed by atoms with E-state index < -0.39 is 5.91 Å². The Labute approximate surface area is 138 Å². The Kier molecular flexibility index (Phi) is 5.86. The average molecular weight is 328 g/mol. The largest absolute Gasteiger partial charge is 0.289 e. The summed E-state index contributed by atoms with van der Waals surface area (Å²) in [6, 6.07) is 14.1. The number of nitrogens with one attached hydrogen (secondary N) is 1. The first-order valence-electron chi connectivity index (χ1n) is 6.79. The number of rotatable bonds is 5. The van der Waals surface area contributed by atoms with E-state index in [9.17, 15) is 9.59 Å². The molecule has 5 heteroatoms. The Morgan fingerprint density at radius 1 is 0.957 bits per heavy atom. The standard InChI is InChI=1S/C18H14ClNO3/c19-16-7-2-1-6-15(16)17(21)10-8-13-4-3-5-14(12-13)9-11-18(22)20-23/h1-12,23H,(H,20,22)/b10-8+,11-9+. The zero-order chi connectivity index (χ0) is 16.7. The van der Waals surface area contributed by atoms with Crippen molar-refractivity contribution in [3.8, 4) is 0 Å². The van der Waals surface area contributed by atoms with Crippen molar-refractivity contribution in [2.75, 3.05) is 0 Å². The summed E-state index contributed by atoms with van der Waals surface area (Å²) in [5.41, 5.74) is 3.53. The van der Waals surface area contributed by atoms with Gasteiger partial charge in [0.15, 0.2) is 5.78 Å². The number of ketones is 1. The van der Waals surface area contributed by atoms with Crippen LogP contribution in [-0.4, -0.2) is 16.9 Å². The normalized spacial score (nSPS) is 11.0. The number of carbonyl (C=O) groups is 2. The Balaban J connectivity index is 2.14. The van der Waals surface area contributed by atoms with Crippen molar-refractivity contribution in [2.24, 2.45) is 0 Å². The molecule has 2 rings (SSSR count). The second kappa shape index (κ2) is 8.08. The Morgan fingerprint density at radius 3 is 2.26 bits per heavy atom. The molecule has 0 heterocycles. The minimum Gasteiger partial charge on any atom is -0.289 e. The van der Waals surface area contributed by atoms with Crippen LogP contribution in [0.5, 0.6) is 0 Å². The summed E-state index contributed by atoms with van der Waals surface area (Å²) in [5, 5.41) is 8.84. The third-order valence-electron chi connectivity index (χ3n) is 3.01. The van der Waals surface area contributed by atoms with Crippen molar-refractivity contribution in [1.82, 2.24) is 5.48 Å². The highest BCUT2D eigenvalue weighted by molar-refractivity contribution is 6.34. The molecule has 0 aliphatic carbocycles. The van der Waals surface area contributed by atoms with Crippen molar-refractivity contribution in [3.63, 3.8) is 0 Å². The number of amides is 1. The predicted molar refractivity (Wildman–Crippen MR) is 90.2 cm³/mol. The van der Waals surface area contributed by atoms with Crippen LogP contribution in [0.15, 0.2) is 60.7 Å². The molecule has 4 nitrogen and oxygen atoms in total. The van der Waals surface area contributed by atoms with Gasteiger partial charge in [-0.25, -0.2) is 5.48 Å². The van der Waals surface area contributed by atoms with E-state index >= 15 is 0 Å². The van der Waals surface area contributed by atoms with E-state index in [4.69, 9.17) is 16.8 Å². The quantitative estimate of drug-likeness (QED) is 0.380. The zero-order valence-corrected chi connectivity index (χ0v) is 12.8. The third kappa shape index (κ3) is 4.92. The van der Waals surface area contributed by atoms with Gasteiger partial charge in [-0.05, 0) is 41.5 Å². The predicted octanol–water partition coefficient (Wildman–Crippen LogP) is 3.75. The van der Waals surface area contributed by atoms with Crippen molar-refractivity contribution in [1.29, 1.82) is 0 Å². The minimum absolute atomic E-state index is 0.184. The van der Waals surface area contributed by atoms with Gasteiger partial charge in [0.1, 0.15) is 0 Å². The molecule has 0 bridgehead atoms. The van der Waals surface area contributed by atoms with Crippen molar-refractivity contribution in [3.05, 3.63) is 82.4 Å². The van der Waals surface area contributed by atoms with Crippen molar-refractivity contribution < 1.29 is 14.8 Å². The number of benzene rings is 2. The lowest BCUT2D eigenvalue weighted by Gasteiger charge is -1.99. The van der Waals surface area contributed by atoms with E-state index in [0.29, 0.717) is 10.6 Å². The summed E-state index contributed by atoms with van der Waals surface area (Å²) in [4.78, 5) is 23.1. The maximum Gasteiger partial charge on any atom is 0.267 e. The van der Waals surface area contributed by atoms with E-state index in [-0.39, 0.29) is 5.78 Å². The maximum absolute atomic E-state index is 12.1. The van der Waals surface area contributed by atoms with Crippen LogP contribution in [0, 0.1) is 0 Å². The second-order valence-electron chi connectivity index (χ2n) is 4.66. The van der Waals surface area contributed by atoms with E-state index in [1.807, 2.05) is 6.07 Å². The topological polar surface area (TPSA) is 66.4 Å². The molecular formula is C18H14ClNO3. The van der Waals surface area contributed by atoms with Crippen LogP contribution in [0.4, 0.5) is 0 Å². The number of halogens is 1. The van der Waals surface area contributed by atoms with Crippen LogP contribution in [0.25, 0.3) is 12.2 Å². The molecule has 2 N–H and O–H groups in total. The summed E-state index contributed by atoms with van der Waals surface area (Å²) in [6.45, 7) is 0. The molecule has 1 amide bonds. The molecule has 0 aliphatic heterocycles. The SMILES string of the molecule is O=C(/C=C/c1cccc(/C=C/C(=O)c2ccccc2Cl)c1)NO. The second-order valence-corrected chi connectivity index (χ2v) is 5.06. The lowest BCUT2D eigenvalue weighted by atomic mass is 10.1. The van der Waals surface area contributed by atoms with Crippen molar-refractivity contribution in [2.45, 2.75) is 0 Å². The summed E-state index contributed by atoms with van der Waals surface area (Å²) in [6.07, 6.45) is 5.89. The number of carbonyl (C=O) groups excluding carboxylic acids is 2. The first-order valence-corrected chi connectivity index (χ1v) is 7.17. The highest BCUT2D eigenvalue weighted by Crippen LogP contribution is 2.16. The molecule has 2 aromatic rings. The monoisotopic (exact) mass is 327 g/mol. The summed E-state index contributed by atoms with van der Waals surface area (Å²) >= 11 is 5.99. The molecule has 0 unspecified atom stereocenters. The first-order chi connectivity index (χ1) is 11.1. The Bertz CT molecular complexity index is 781. The summed E-state index contributed by atoms with van der Waals surface area (Å²) in [5.74, 6) is -0.795. The smallest absolute Gasteiger partial charge is 0.267 e. The molecule has 116 valence electrons. The van der Waals surface area contributed by atoms with Gasteiger partial charge < -0.3 is 0 Å². The van der Waals surface area contributed by atoms with E-state index in [2.05, 4.69) is 0 Å². The molecular weight excluding hydrogens is 314 g/mol. The Morgan fingerprint density at radius 2 is 1.61 bits per heavy atom. The summed E-state index contributed by atoms with van der Waals surface area (Å²) < 4.78 is 0. The molecule has 0 spiro atoms. The first kappa shape index (κ1) is 16.7. The van der Waals surface area contributed by atoms with Gasteiger partial charge >= 0.3 is 0 Å². The van der Waals surface area contributed by atoms with Crippen LogP contribution in [0.1, 0.15) is 21.5 Å². The van der Waals surface area contributed by atoms with Crippen LogP contribution >= 0.6 is 11.6 Å². The van der Waals surface area contributed by atoms with Crippen LogP contribution in [0.2, 0.25) is 5.02 Å². The highest BCUT2D eigenvalue weighted by Gasteiger charge is 2.05. The molecule has 0 atom stereocenters. The number of allylic oxidation sites excluding steroid dienone is 1. The number of hydrogen-bond acceptors (Lipinski definition) is 3. The maximum atomic E-state index is 12.1. The third-order valence-corrected chi connectivity index (χ3v) is 3.34. The van der Waals surface area contributed by atoms with E-state index in [0.717, 1.165) is 11.1 Å². The van der Waals surface area contributed by atoms with E-state index in [1.54, 1.807) is 54.6 Å². The highest BCUT2D eigenvalue weighted by atomic mass is 35.5. The molecule has 0 aromatic heterocycles. The van der Waals surface area contributed by atoms with Gasteiger partial charge in [0, 0.05) is 11.6 Å². The van der Waals surface area contributed by atoms with Gasteiger partial charge in [-0.1, -0.05) is 48.0 Å². The van der Waals surface area contributed by atoms with Gasteiger partial charge in [0.2, 0.25) is 0 Å². The van der Waals surface area contributed by atoms with Gasteiger partial charge in [0.05, 0.1) is 5.02 Å². The van der Waals surface area contributed by atoms with Crippen LogP contribution in [0.3, 0.4) is 0 Å². The minimum atomic E-state index is -0.611. The van der Waals surface area contributed by atoms with Gasteiger partial charge in [-0.3, -0.25) is 14.8 Å². The van der Waals surface area contributed by atoms with Gasteiger partial charge in [-0.2, -0.15) is 0 Å². The fourth-order valence-electron chi connectivity index (χ4n) is 1.90. The molecule has 2 aromatic carbocycles. The molecule has 23 heavy (non-hydrogen) atoms. The number of hydroxylamine groups is 1. The summed E-state index contributed by atoms with van der Waals surface area (Å²) in [7, 11) is 0. The average Bonchev–Trinajstić information content (AvgIpc) is 2.58. The molecule has 0 saturated heterocycles. The van der Waals surface area contributed by atoms with Gasteiger partial charge in [0.25, 0.3) is 5.91 Å². The molecule has 0 saturated carbocycles. The van der Waals surface area contributed by atoms with Crippen molar-refractivity contribution >= 4 is 35.4 Å². The molecule has 0 fully saturated rings. The van der Waals surface area contributed by atoms with Crippen LogP contribution < -0.4 is 5.48 Å². The molecule has 0 aliphatic rings. The van der Waals surface area contributed by atoms with E-state index in [1.165, 1.54) is 17.6 Å². The number of hydrogen-bond donors (Lipinski definition) is 2. The lowest BCUT2D eigenvalue weighted by Crippen LogP contribution is -2.14. The van der Waals surface area contributed by atoms with Crippen LogP contribution in [-0.2, 0) is 4.79 Å². The molecule has 0 radical (unpaired) electrons. The zero-order valence-electron chi connectivity index (χ0n) is 12.1. The fraction of sp³-hybridized carbons (Fsp3) is 0.